The summed E-state index contributed by atoms with van der Waals surface area (Å²) >= 11 is 0. The second-order valence-corrected chi connectivity index (χ2v) is 41.5. The minimum atomic E-state index is -0.143. The Morgan fingerprint density at radius 2 is 0.252 bits per heavy atom. The second kappa shape index (κ2) is 38.2. The Morgan fingerprint density at radius 1 is 0.102 bits per heavy atom. The molecule has 0 radical (unpaired) electrons. The lowest BCUT2D eigenvalue weighted by Crippen LogP contribution is -2.18. The van der Waals surface area contributed by atoms with Crippen molar-refractivity contribution in [1.82, 2.24) is 0 Å². The number of fused-ring (bicyclic) bond motifs is 12. The molecule has 0 heterocycles. The zero-order valence-corrected chi connectivity index (χ0v) is 84.2. The lowest BCUT2D eigenvalue weighted by Gasteiger charge is -2.30. The van der Waals surface area contributed by atoms with Crippen molar-refractivity contribution in [2.45, 2.75) is 77.0 Å². The van der Waals surface area contributed by atoms with Crippen molar-refractivity contribution in [3.05, 3.63) is 584 Å². The first-order chi connectivity index (χ1) is 71.9. The van der Waals surface area contributed by atoms with E-state index in [0.29, 0.717) is 0 Å². The van der Waals surface area contributed by atoms with E-state index in [-0.39, 0.29) is 21.7 Å². The summed E-state index contributed by atoms with van der Waals surface area (Å²) in [5.74, 6) is 0. The fourth-order valence-electron chi connectivity index (χ4n) is 23.2. The van der Waals surface area contributed by atoms with Crippen LogP contribution in [0, 0.1) is 0 Å². The standard InChI is InChI=1S/C51H39N.C48H39N.C45H35N/c1-51(2)49-34-42(38-17-10-5-11-18-38)25-31-47(49)48-32-26-43(35-50(48)51)40-23-29-45(30-24-40)52(44-27-21-39(22-28-44)36-13-6-3-7-14-36)46-20-12-19-41(33-46)37-15-8-4-9-16-37;1-47(2)43-18-12-11-17-39(43)41-27-24-37(30-45(41)47)49(36-22-19-34(20-23-36)32-13-7-5-8-14-32)38-25-28-42-40-26-21-35(33-15-9-6-10-16-33)29-44(40)48(3,4)46(42)31-38;1-45(2)43-30-37(34-16-10-5-11-17-34)22-28-41(43)42-29-27-40(31-44(42)45)46(38-23-18-35(19-24-38)32-12-6-3-7-13-32)39-25-20-36(21-26-39)33-14-8-4-9-15-33/h3-35H,1-2H3;5-31H,1-4H3;3-31H,1-2H3. The molecule has 0 spiro atoms. The van der Waals surface area contributed by atoms with E-state index in [2.05, 4.69) is 610 Å². The van der Waals surface area contributed by atoms with E-state index in [1.54, 1.807) is 0 Å². The molecule has 0 N–H and O–H groups in total. The highest BCUT2D eigenvalue weighted by Crippen LogP contribution is 2.58. The summed E-state index contributed by atoms with van der Waals surface area (Å²) < 4.78 is 0. The maximum atomic E-state index is 2.45. The first-order valence-corrected chi connectivity index (χ1v) is 51.5. The van der Waals surface area contributed by atoms with Gasteiger partial charge in [0, 0.05) is 72.8 Å². The number of anilines is 9. The summed E-state index contributed by atoms with van der Waals surface area (Å²) in [6.45, 7) is 18.9. The van der Waals surface area contributed by atoms with Gasteiger partial charge in [-0.2, -0.15) is 0 Å². The van der Waals surface area contributed by atoms with Gasteiger partial charge in [-0.15, -0.1) is 0 Å². The van der Waals surface area contributed by atoms with Gasteiger partial charge in [0.1, 0.15) is 0 Å². The van der Waals surface area contributed by atoms with Gasteiger partial charge in [0.05, 0.1) is 0 Å². The number of hydrogen-bond acceptors (Lipinski definition) is 3. The van der Waals surface area contributed by atoms with Gasteiger partial charge in [0.15, 0.2) is 0 Å². The third-order valence-corrected chi connectivity index (χ3v) is 31.3. The van der Waals surface area contributed by atoms with Gasteiger partial charge in [-0.05, 0) is 323 Å². The molecule has 3 nitrogen and oxygen atoms in total. The smallest absolute Gasteiger partial charge is 0.0467 e. The summed E-state index contributed by atoms with van der Waals surface area (Å²) in [6, 6.07) is 197. The third kappa shape index (κ3) is 17.2. The highest BCUT2D eigenvalue weighted by molar-refractivity contribution is 5.94. The Labute approximate surface area is 865 Å². The minimum absolute atomic E-state index is 0.0806. The fourth-order valence-corrected chi connectivity index (χ4v) is 23.2. The van der Waals surface area contributed by atoms with Crippen molar-refractivity contribution < 1.29 is 0 Å². The predicted molar refractivity (Wildman–Crippen MR) is 623 cm³/mol. The number of hydrogen-bond donors (Lipinski definition) is 0. The van der Waals surface area contributed by atoms with E-state index in [1.807, 2.05) is 0 Å². The van der Waals surface area contributed by atoms with Crippen molar-refractivity contribution in [2.75, 3.05) is 14.7 Å². The first-order valence-electron chi connectivity index (χ1n) is 51.5. The Hall–Kier alpha value is -17.8. The van der Waals surface area contributed by atoms with E-state index < -0.39 is 0 Å². The Kier molecular flexibility index (Phi) is 23.8. The van der Waals surface area contributed by atoms with Crippen LogP contribution in [0.3, 0.4) is 0 Å². The highest BCUT2D eigenvalue weighted by atomic mass is 15.2. The number of rotatable bonds is 18. The highest BCUT2D eigenvalue weighted by Gasteiger charge is 2.41. The predicted octanol–water partition coefficient (Wildman–Crippen LogP) is 39.7. The van der Waals surface area contributed by atoms with Crippen molar-refractivity contribution in [3.63, 3.8) is 0 Å². The molecule has 26 rings (SSSR count). The quantitative estimate of drug-likeness (QED) is 0.0848. The molecule has 0 atom stereocenters. The van der Waals surface area contributed by atoms with Gasteiger partial charge in [-0.25, -0.2) is 0 Å². The average Bonchev–Trinajstić information content (AvgIpc) is 1.58. The zero-order chi connectivity index (χ0) is 99.5. The molecule has 0 aliphatic heterocycles. The summed E-state index contributed by atoms with van der Waals surface area (Å²) in [5, 5.41) is 0. The number of benzene rings is 22. The van der Waals surface area contributed by atoms with Crippen LogP contribution in [-0.4, -0.2) is 0 Å². The third-order valence-electron chi connectivity index (χ3n) is 31.3. The van der Waals surface area contributed by atoms with Crippen LogP contribution < -0.4 is 14.7 Å². The lowest BCUT2D eigenvalue weighted by atomic mass is 9.81. The molecule has 0 amide bonds. The average molecular weight is 1890 g/mol. The summed E-state index contributed by atoms with van der Waals surface area (Å²) in [6.07, 6.45) is 0. The lowest BCUT2D eigenvalue weighted by molar-refractivity contribution is 0.660. The largest absolute Gasteiger partial charge is 0.310 e. The van der Waals surface area contributed by atoms with Crippen LogP contribution in [-0.2, 0) is 21.7 Å². The van der Waals surface area contributed by atoms with Gasteiger partial charge in [0.25, 0.3) is 0 Å². The van der Waals surface area contributed by atoms with E-state index in [0.717, 1.165) is 39.8 Å². The minimum Gasteiger partial charge on any atom is -0.310 e. The Morgan fingerprint density at radius 3 is 0.503 bits per heavy atom. The Balaban J connectivity index is 0.000000118. The molecule has 704 valence electrons. The van der Waals surface area contributed by atoms with E-state index >= 15 is 0 Å². The van der Waals surface area contributed by atoms with Crippen LogP contribution >= 0.6 is 0 Å². The van der Waals surface area contributed by atoms with E-state index in [4.69, 9.17) is 0 Å². The van der Waals surface area contributed by atoms with Crippen LogP contribution in [0.5, 0.6) is 0 Å². The monoisotopic (exact) mass is 1880 g/mol. The molecule has 147 heavy (non-hydrogen) atoms. The van der Waals surface area contributed by atoms with Gasteiger partial charge in [0.2, 0.25) is 0 Å². The summed E-state index contributed by atoms with van der Waals surface area (Å²) in [5.41, 5.74) is 53.6. The molecular formula is C144H113N3. The molecule has 22 aromatic carbocycles. The number of nitrogens with zero attached hydrogens (tertiary/aromatic N) is 3. The molecule has 0 saturated heterocycles. The van der Waals surface area contributed by atoms with Crippen LogP contribution in [0.1, 0.15) is 99.9 Å². The van der Waals surface area contributed by atoms with Crippen LogP contribution in [0.2, 0.25) is 0 Å². The normalized spacial score (nSPS) is 13.3. The molecule has 4 aliphatic carbocycles. The SMILES string of the molecule is CC1(C)c2cc(-c3ccccc3)ccc2-c2ccc(-c3ccc(N(c4ccc(-c5ccccc5)cc4)c4cccc(-c5ccccc5)c4)cc3)cc21.CC1(C)c2cc(-c3ccccc3)ccc2-c2ccc(N(c3ccc(-c4ccccc4)cc3)c3ccc(-c4ccccc4)cc3)cc21.CC1(C)c2ccccc2-c2ccc(N(c3ccc(-c4ccccc4)cc3)c3ccc4c(c3)C(C)(C)c3cc(-c5ccccc5)ccc3-4)cc21. The maximum absolute atomic E-state index is 2.45. The van der Waals surface area contributed by atoms with Crippen molar-refractivity contribution in [3.8, 4) is 145 Å². The molecule has 4 aliphatic rings. The first kappa shape index (κ1) is 91.7. The summed E-state index contributed by atoms with van der Waals surface area (Å²) in [4.78, 5) is 7.19. The van der Waals surface area contributed by atoms with Gasteiger partial charge in [-0.1, -0.05) is 462 Å². The second-order valence-electron chi connectivity index (χ2n) is 41.5. The Bertz CT molecular complexity index is 8510. The molecule has 0 bridgehead atoms. The molecule has 0 aromatic heterocycles. The molecule has 0 fully saturated rings. The molecule has 22 aromatic rings. The van der Waals surface area contributed by atoms with Gasteiger partial charge >= 0.3 is 0 Å². The maximum Gasteiger partial charge on any atom is 0.0467 e. The van der Waals surface area contributed by atoms with E-state index in [1.165, 1.54) is 201 Å². The van der Waals surface area contributed by atoms with Crippen molar-refractivity contribution >= 4 is 51.2 Å². The molecular weight excluding hydrogens is 1770 g/mol. The van der Waals surface area contributed by atoms with Gasteiger partial charge < -0.3 is 14.7 Å². The van der Waals surface area contributed by atoms with Crippen LogP contribution in [0.25, 0.3) is 145 Å². The fraction of sp³-hybridized carbons (Fsp3) is 0.0833. The van der Waals surface area contributed by atoms with E-state index in [9.17, 15) is 0 Å². The van der Waals surface area contributed by atoms with Crippen molar-refractivity contribution in [2.24, 2.45) is 0 Å². The van der Waals surface area contributed by atoms with Crippen LogP contribution in [0.4, 0.5) is 51.2 Å². The molecule has 0 unspecified atom stereocenters. The molecule has 3 heteroatoms. The van der Waals surface area contributed by atoms with Crippen molar-refractivity contribution in [1.29, 1.82) is 0 Å². The zero-order valence-electron chi connectivity index (χ0n) is 84.2. The summed E-state index contributed by atoms with van der Waals surface area (Å²) in [7, 11) is 0. The topological polar surface area (TPSA) is 9.72 Å². The van der Waals surface area contributed by atoms with Crippen LogP contribution in [0.15, 0.2) is 540 Å². The van der Waals surface area contributed by atoms with Gasteiger partial charge in [-0.3, -0.25) is 0 Å². The molecule has 0 saturated carbocycles.